The minimum atomic E-state index is -0.540. The summed E-state index contributed by atoms with van der Waals surface area (Å²) in [7, 11) is 0. The second-order valence-electron chi connectivity index (χ2n) is 6.28. The Kier molecular flexibility index (Phi) is 4.51. The van der Waals surface area contributed by atoms with Gasteiger partial charge in [-0.15, -0.1) is 0 Å². The van der Waals surface area contributed by atoms with Crippen LogP contribution in [-0.2, 0) is 11.2 Å². The van der Waals surface area contributed by atoms with Crippen LogP contribution in [0.2, 0.25) is 0 Å². The molecular formula is C18H26O3. The lowest BCUT2D eigenvalue weighted by Gasteiger charge is -2.37. The molecule has 1 fully saturated rings. The summed E-state index contributed by atoms with van der Waals surface area (Å²) in [5.74, 6) is 0.970. The third kappa shape index (κ3) is 2.95. The quantitative estimate of drug-likeness (QED) is 0.858. The Morgan fingerprint density at radius 3 is 2.71 bits per heavy atom. The molecule has 0 radical (unpaired) electrons. The molecule has 116 valence electrons. The van der Waals surface area contributed by atoms with Gasteiger partial charge in [0.1, 0.15) is 11.9 Å². The van der Waals surface area contributed by atoms with Crippen molar-refractivity contribution in [3.8, 4) is 5.75 Å². The number of benzene rings is 1. The van der Waals surface area contributed by atoms with E-state index in [0.29, 0.717) is 6.61 Å². The van der Waals surface area contributed by atoms with Crippen molar-refractivity contribution in [3.05, 3.63) is 29.3 Å². The van der Waals surface area contributed by atoms with Crippen molar-refractivity contribution in [2.75, 3.05) is 13.2 Å². The molecule has 2 aliphatic rings. The first-order valence-electron chi connectivity index (χ1n) is 8.33. The molecular weight excluding hydrogens is 264 g/mol. The third-order valence-corrected chi connectivity index (χ3v) is 4.91. The Balaban J connectivity index is 1.87. The molecule has 21 heavy (non-hydrogen) atoms. The summed E-state index contributed by atoms with van der Waals surface area (Å²) in [5.41, 5.74) is 1.79. The molecule has 0 amide bonds. The van der Waals surface area contributed by atoms with Crippen LogP contribution in [0.25, 0.3) is 0 Å². The van der Waals surface area contributed by atoms with Gasteiger partial charge in [-0.05, 0) is 43.0 Å². The molecule has 0 aromatic heterocycles. The topological polar surface area (TPSA) is 38.7 Å². The van der Waals surface area contributed by atoms with Crippen LogP contribution in [0.4, 0.5) is 0 Å². The summed E-state index contributed by atoms with van der Waals surface area (Å²) in [6.45, 7) is 3.44. The normalized spacial score (nSPS) is 22.2. The maximum absolute atomic E-state index is 11.0. The fourth-order valence-corrected chi connectivity index (χ4v) is 3.79. The molecule has 3 nitrogen and oxygen atoms in total. The molecule has 1 aromatic carbocycles. The van der Waals surface area contributed by atoms with E-state index in [-0.39, 0.29) is 0 Å². The Bertz CT molecular complexity index is 475. The molecule has 0 saturated heterocycles. The van der Waals surface area contributed by atoms with Gasteiger partial charge in [0, 0.05) is 13.0 Å². The standard InChI is InChI=1S/C18H26O3/c1-2-21-18(10-5-3-4-6-11-18)17(19)15-7-8-16-14(13-15)9-12-20-16/h7-8,13,17,19H,2-6,9-12H2,1H3. The molecule has 0 bridgehead atoms. The number of aliphatic hydroxyl groups excluding tert-OH is 1. The van der Waals surface area contributed by atoms with Crippen LogP contribution >= 0.6 is 0 Å². The second-order valence-corrected chi connectivity index (χ2v) is 6.28. The van der Waals surface area contributed by atoms with Crippen molar-refractivity contribution in [3.63, 3.8) is 0 Å². The van der Waals surface area contributed by atoms with Gasteiger partial charge >= 0.3 is 0 Å². The zero-order valence-electron chi connectivity index (χ0n) is 12.9. The average molecular weight is 290 g/mol. The molecule has 1 saturated carbocycles. The first-order chi connectivity index (χ1) is 10.2. The van der Waals surface area contributed by atoms with Crippen LogP contribution in [-0.4, -0.2) is 23.9 Å². The van der Waals surface area contributed by atoms with E-state index >= 15 is 0 Å². The molecule has 1 aliphatic carbocycles. The molecule has 0 spiro atoms. The fourth-order valence-electron chi connectivity index (χ4n) is 3.79. The highest BCUT2D eigenvalue weighted by atomic mass is 16.5. The van der Waals surface area contributed by atoms with Gasteiger partial charge in [-0.25, -0.2) is 0 Å². The number of hydrogen-bond donors (Lipinski definition) is 1. The molecule has 1 N–H and O–H groups in total. The van der Waals surface area contributed by atoms with Gasteiger partial charge in [0.05, 0.1) is 12.2 Å². The van der Waals surface area contributed by atoms with Gasteiger partial charge in [0.25, 0.3) is 0 Å². The van der Waals surface area contributed by atoms with E-state index in [1.54, 1.807) is 0 Å². The molecule has 1 heterocycles. The minimum Gasteiger partial charge on any atom is -0.493 e. The first-order valence-corrected chi connectivity index (χ1v) is 8.33. The number of aliphatic hydroxyl groups is 1. The summed E-state index contributed by atoms with van der Waals surface area (Å²) in [6.07, 6.45) is 7.10. The predicted molar refractivity (Wildman–Crippen MR) is 82.7 cm³/mol. The maximum Gasteiger partial charge on any atom is 0.122 e. The summed E-state index contributed by atoms with van der Waals surface area (Å²) < 4.78 is 11.7. The van der Waals surface area contributed by atoms with Crippen LogP contribution in [0.3, 0.4) is 0 Å². The highest BCUT2D eigenvalue weighted by molar-refractivity contribution is 5.41. The number of fused-ring (bicyclic) bond motifs is 1. The van der Waals surface area contributed by atoms with E-state index < -0.39 is 11.7 Å². The van der Waals surface area contributed by atoms with E-state index in [1.807, 2.05) is 19.1 Å². The zero-order chi connectivity index (χ0) is 14.7. The second kappa shape index (κ2) is 6.37. The summed E-state index contributed by atoms with van der Waals surface area (Å²) in [6, 6.07) is 6.11. The summed E-state index contributed by atoms with van der Waals surface area (Å²) in [4.78, 5) is 0. The smallest absolute Gasteiger partial charge is 0.122 e. The molecule has 3 rings (SSSR count). The molecule has 1 aromatic rings. The largest absolute Gasteiger partial charge is 0.493 e. The van der Waals surface area contributed by atoms with E-state index in [1.165, 1.54) is 18.4 Å². The van der Waals surface area contributed by atoms with E-state index in [2.05, 4.69) is 6.07 Å². The Morgan fingerprint density at radius 1 is 1.24 bits per heavy atom. The van der Waals surface area contributed by atoms with Crippen molar-refractivity contribution in [1.29, 1.82) is 0 Å². The lowest BCUT2D eigenvalue weighted by molar-refractivity contribution is -0.131. The Labute approximate surface area is 127 Å². The van der Waals surface area contributed by atoms with Crippen molar-refractivity contribution in [2.45, 2.75) is 63.6 Å². The summed E-state index contributed by atoms with van der Waals surface area (Å²) in [5, 5.41) is 11.0. The van der Waals surface area contributed by atoms with Crippen LogP contribution in [0.15, 0.2) is 18.2 Å². The van der Waals surface area contributed by atoms with Crippen molar-refractivity contribution in [1.82, 2.24) is 0 Å². The first kappa shape index (κ1) is 14.9. The average Bonchev–Trinajstić information content (AvgIpc) is 2.84. The zero-order valence-corrected chi connectivity index (χ0v) is 12.9. The molecule has 1 atom stereocenters. The van der Waals surface area contributed by atoms with Crippen molar-refractivity contribution < 1.29 is 14.6 Å². The van der Waals surface area contributed by atoms with Gasteiger partial charge in [0.15, 0.2) is 0 Å². The van der Waals surface area contributed by atoms with Crippen LogP contribution in [0.5, 0.6) is 5.75 Å². The maximum atomic E-state index is 11.0. The fraction of sp³-hybridized carbons (Fsp3) is 0.667. The number of hydrogen-bond acceptors (Lipinski definition) is 3. The monoisotopic (exact) mass is 290 g/mol. The molecule has 3 heteroatoms. The van der Waals surface area contributed by atoms with E-state index in [0.717, 1.165) is 50.0 Å². The van der Waals surface area contributed by atoms with Crippen molar-refractivity contribution in [2.24, 2.45) is 0 Å². The molecule has 1 unspecified atom stereocenters. The van der Waals surface area contributed by atoms with E-state index in [9.17, 15) is 5.11 Å². The van der Waals surface area contributed by atoms with Gasteiger partial charge in [-0.3, -0.25) is 0 Å². The number of ether oxygens (including phenoxy) is 2. The van der Waals surface area contributed by atoms with Crippen LogP contribution < -0.4 is 4.74 Å². The van der Waals surface area contributed by atoms with Gasteiger partial charge in [-0.1, -0.05) is 31.7 Å². The minimum absolute atomic E-state index is 0.404. The predicted octanol–water partition coefficient (Wildman–Crippen LogP) is 3.78. The summed E-state index contributed by atoms with van der Waals surface area (Å²) >= 11 is 0. The Morgan fingerprint density at radius 2 is 2.00 bits per heavy atom. The molecule has 1 aliphatic heterocycles. The van der Waals surface area contributed by atoms with E-state index in [4.69, 9.17) is 9.47 Å². The van der Waals surface area contributed by atoms with Crippen LogP contribution in [0.1, 0.15) is 62.7 Å². The third-order valence-electron chi connectivity index (χ3n) is 4.91. The highest BCUT2D eigenvalue weighted by Gasteiger charge is 2.40. The van der Waals surface area contributed by atoms with Gasteiger partial charge in [-0.2, -0.15) is 0 Å². The lowest BCUT2D eigenvalue weighted by atomic mass is 9.83. The van der Waals surface area contributed by atoms with Crippen molar-refractivity contribution >= 4 is 0 Å². The van der Waals surface area contributed by atoms with Gasteiger partial charge < -0.3 is 14.6 Å². The SMILES string of the molecule is CCOC1(C(O)c2ccc3c(c2)CCO3)CCCCCC1. The number of rotatable bonds is 4. The Hall–Kier alpha value is -1.06. The lowest BCUT2D eigenvalue weighted by Crippen LogP contribution is -2.39. The van der Waals surface area contributed by atoms with Crippen LogP contribution in [0, 0.1) is 0 Å². The van der Waals surface area contributed by atoms with Gasteiger partial charge in [0.2, 0.25) is 0 Å². The highest BCUT2D eigenvalue weighted by Crippen LogP contribution is 2.41.